The third-order valence-electron chi connectivity index (χ3n) is 8.96. The average molecular weight is 511 g/mol. The highest BCUT2D eigenvalue weighted by Crippen LogP contribution is 2.56. The number of fused-ring (bicyclic) bond motifs is 2. The Morgan fingerprint density at radius 3 is 2.55 bits per heavy atom. The van der Waals surface area contributed by atoms with E-state index in [9.17, 15) is 14.3 Å². The summed E-state index contributed by atoms with van der Waals surface area (Å²) in [4.78, 5) is 22.4. The van der Waals surface area contributed by atoms with Crippen LogP contribution in [0.4, 0.5) is 4.39 Å². The van der Waals surface area contributed by atoms with Crippen LogP contribution in [0.2, 0.25) is 0 Å². The number of carbonyl (C=O) groups is 1. The van der Waals surface area contributed by atoms with E-state index < -0.39 is 0 Å². The monoisotopic (exact) mass is 510 g/mol. The third-order valence-corrected chi connectivity index (χ3v) is 8.96. The van der Waals surface area contributed by atoms with Crippen molar-refractivity contribution in [3.8, 4) is 11.1 Å². The zero-order valence-corrected chi connectivity index (χ0v) is 22.0. The normalized spacial score (nSPS) is 18.8. The van der Waals surface area contributed by atoms with Crippen molar-refractivity contribution in [2.45, 2.75) is 70.1 Å². The number of nitrogens with zero attached hydrogens (tertiary/aromatic N) is 2. The lowest BCUT2D eigenvalue weighted by Gasteiger charge is -2.26. The molecule has 1 heterocycles. The molecule has 1 atom stereocenters. The molecule has 3 aliphatic carbocycles. The molecule has 2 fully saturated rings. The van der Waals surface area contributed by atoms with Crippen molar-refractivity contribution in [1.29, 1.82) is 0 Å². The van der Waals surface area contributed by atoms with Crippen LogP contribution in [-0.2, 0) is 11.8 Å². The Labute approximate surface area is 224 Å². The van der Waals surface area contributed by atoms with E-state index in [1.807, 2.05) is 31.2 Å². The summed E-state index contributed by atoms with van der Waals surface area (Å²) in [6, 6.07) is 11.5. The number of aliphatic hydroxyl groups is 1. The summed E-state index contributed by atoms with van der Waals surface area (Å²) in [5.74, 6) is 0.846. The minimum absolute atomic E-state index is 0.00359. The summed E-state index contributed by atoms with van der Waals surface area (Å²) in [6.45, 7) is 1.86. The number of carbonyl (C=O) groups excluding carboxylic acids is 1. The molecular weight excluding hydrogens is 475 g/mol. The summed E-state index contributed by atoms with van der Waals surface area (Å²) in [7, 11) is 0. The van der Waals surface area contributed by atoms with Crippen molar-refractivity contribution < 1.29 is 14.3 Å². The van der Waals surface area contributed by atoms with Gasteiger partial charge in [0.15, 0.2) is 11.6 Å². The largest absolute Gasteiger partial charge is 0.396 e. The lowest BCUT2D eigenvalue weighted by atomic mass is 9.78. The fourth-order valence-corrected chi connectivity index (χ4v) is 6.42. The van der Waals surface area contributed by atoms with Gasteiger partial charge in [0.1, 0.15) is 5.82 Å². The van der Waals surface area contributed by atoms with Crippen molar-refractivity contribution in [2.24, 2.45) is 11.8 Å². The molecule has 3 aliphatic rings. The van der Waals surface area contributed by atoms with E-state index in [0.717, 1.165) is 36.8 Å². The first-order chi connectivity index (χ1) is 18.5. The van der Waals surface area contributed by atoms with Gasteiger partial charge in [-0.05, 0) is 78.3 Å². The van der Waals surface area contributed by atoms with E-state index >= 15 is 0 Å². The minimum Gasteiger partial charge on any atom is -0.396 e. The van der Waals surface area contributed by atoms with E-state index in [1.165, 1.54) is 36.8 Å². The highest BCUT2D eigenvalue weighted by Gasteiger charge is 2.47. The van der Waals surface area contributed by atoms with Gasteiger partial charge in [-0.1, -0.05) is 56.9 Å². The van der Waals surface area contributed by atoms with Crippen LogP contribution in [-0.4, -0.2) is 27.5 Å². The van der Waals surface area contributed by atoms with Gasteiger partial charge >= 0.3 is 0 Å². The molecule has 5 heteroatoms. The molecule has 6 rings (SSSR count). The van der Waals surface area contributed by atoms with Gasteiger partial charge in [-0.2, -0.15) is 0 Å². The molecule has 1 unspecified atom stereocenters. The fourth-order valence-electron chi connectivity index (χ4n) is 6.42. The van der Waals surface area contributed by atoms with Gasteiger partial charge in [0.05, 0.1) is 0 Å². The summed E-state index contributed by atoms with van der Waals surface area (Å²) in [5, 5.41) is 9.29. The molecular formula is C33H35FN2O2. The first-order valence-corrected chi connectivity index (χ1v) is 14.1. The van der Waals surface area contributed by atoms with Crippen LogP contribution in [0.3, 0.4) is 0 Å². The standard InChI is InChI=1S/C33H35FN2O2/c1-21(11-15-37)31(38)24-7-8-29-28(18-24)26(10-12-33(29)13-14-33)32-35-19-25(20-36-32)27-17-23(6-9-30(27)34)16-22-4-2-3-5-22/h6-10,17-22,37H,2-5,11-16H2,1H3. The van der Waals surface area contributed by atoms with Gasteiger partial charge in [0.2, 0.25) is 0 Å². The molecule has 1 spiro atoms. The Morgan fingerprint density at radius 1 is 1.08 bits per heavy atom. The highest BCUT2D eigenvalue weighted by atomic mass is 19.1. The zero-order chi connectivity index (χ0) is 26.3. The second kappa shape index (κ2) is 10.2. The molecule has 0 radical (unpaired) electrons. The maximum Gasteiger partial charge on any atom is 0.165 e. The van der Waals surface area contributed by atoms with E-state index in [1.54, 1.807) is 18.5 Å². The van der Waals surface area contributed by atoms with Crippen LogP contribution in [0.5, 0.6) is 0 Å². The molecule has 3 aromatic rings. The summed E-state index contributed by atoms with van der Waals surface area (Å²) in [5.41, 5.74) is 6.44. The van der Waals surface area contributed by atoms with Gasteiger partial charge < -0.3 is 5.11 Å². The smallest absolute Gasteiger partial charge is 0.165 e. The zero-order valence-electron chi connectivity index (χ0n) is 22.0. The van der Waals surface area contributed by atoms with E-state index in [0.29, 0.717) is 34.9 Å². The van der Waals surface area contributed by atoms with E-state index in [-0.39, 0.29) is 29.5 Å². The number of halogens is 1. The number of aromatic nitrogens is 2. The van der Waals surface area contributed by atoms with Gasteiger partial charge in [-0.3, -0.25) is 4.79 Å². The molecule has 1 aromatic heterocycles. The van der Waals surface area contributed by atoms with Crippen LogP contribution in [0, 0.1) is 17.7 Å². The van der Waals surface area contributed by atoms with Gasteiger partial charge in [-0.15, -0.1) is 0 Å². The minimum atomic E-state index is -0.255. The molecule has 0 bridgehead atoms. The van der Waals surface area contributed by atoms with Crippen LogP contribution >= 0.6 is 0 Å². The Bertz CT molecular complexity index is 1380. The van der Waals surface area contributed by atoms with Crippen molar-refractivity contribution in [1.82, 2.24) is 9.97 Å². The SMILES string of the molecule is CC(CCO)C(=O)c1ccc2c(c1)C(c1ncc(-c3cc(CC4CCCC4)ccc3F)cn1)=CCC21CC1. The van der Waals surface area contributed by atoms with E-state index in [4.69, 9.17) is 9.97 Å². The first kappa shape index (κ1) is 25.1. The number of allylic oxidation sites excluding steroid dienone is 1. The average Bonchev–Trinajstić information content (AvgIpc) is 3.52. The molecule has 4 nitrogen and oxygen atoms in total. The van der Waals surface area contributed by atoms with Gasteiger partial charge in [-0.25, -0.2) is 14.4 Å². The first-order valence-electron chi connectivity index (χ1n) is 14.1. The maximum absolute atomic E-state index is 14.8. The summed E-state index contributed by atoms with van der Waals surface area (Å²) < 4.78 is 14.8. The predicted octanol–water partition coefficient (Wildman–Crippen LogP) is 7.08. The molecule has 196 valence electrons. The van der Waals surface area contributed by atoms with Crippen molar-refractivity contribution in [3.63, 3.8) is 0 Å². The number of benzene rings is 2. The number of Topliss-reactive ketones (excluding diaryl/α,β-unsaturated/α-hetero) is 1. The van der Waals surface area contributed by atoms with Crippen molar-refractivity contribution in [2.75, 3.05) is 6.61 Å². The molecule has 0 saturated heterocycles. The summed E-state index contributed by atoms with van der Waals surface area (Å²) in [6.07, 6.45) is 15.4. The quantitative estimate of drug-likeness (QED) is 0.329. The molecule has 2 saturated carbocycles. The van der Waals surface area contributed by atoms with Gasteiger partial charge in [0.25, 0.3) is 0 Å². The number of ketones is 1. The van der Waals surface area contributed by atoms with Crippen LogP contribution < -0.4 is 0 Å². The topological polar surface area (TPSA) is 63.1 Å². The molecule has 38 heavy (non-hydrogen) atoms. The number of rotatable bonds is 8. The second-order valence-corrected chi connectivity index (χ2v) is 11.6. The number of hydrogen-bond donors (Lipinski definition) is 1. The van der Waals surface area contributed by atoms with Gasteiger partial charge in [0, 0.05) is 47.2 Å². The molecule has 0 aliphatic heterocycles. The van der Waals surface area contributed by atoms with E-state index in [2.05, 4.69) is 12.1 Å². The molecule has 2 aromatic carbocycles. The predicted molar refractivity (Wildman–Crippen MR) is 147 cm³/mol. The van der Waals surface area contributed by atoms with Crippen LogP contribution in [0.15, 0.2) is 54.9 Å². The Morgan fingerprint density at radius 2 is 1.84 bits per heavy atom. The number of aliphatic hydroxyl groups excluding tert-OH is 1. The van der Waals surface area contributed by atoms with Crippen molar-refractivity contribution >= 4 is 11.4 Å². The number of hydrogen-bond acceptors (Lipinski definition) is 4. The van der Waals surface area contributed by atoms with Crippen LogP contribution in [0.25, 0.3) is 16.7 Å². The lowest BCUT2D eigenvalue weighted by molar-refractivity contribution is 0.0908. The van der Waals surface area contributed by atoms with Crippen LogP contribution in [0.1, 0.15) is 91.2 Å². The van der Waals surface area contributed by atoms with Crippen molar-refractivity contribution in [3.05, 3.63) is 88.8 Å². The Balaban J connectivity index is 1.30. The Hall–Kier alpha value is -3.18. The fraction of sp³-hybridized carbons (Fsp3) is 0.424. The lowest BCUT2D eigenvalue weighted by Crippen LogP contribution is -2.18. The Kier molecular flexibility index (Phi) is 6.73. The second-order valence-electron chi connectivity index (χ2n) is 11.6. The summed E-state index contributed by atoms with van der Waals surface area (Å²) >= 11 is 0. The maximum atomic E-state index is 14.8. The highest BCUT2D eigenvalue weighted by molar-refractivity contribution is 5.99. The third kappa shape index (κ3) is 4.73. The molecule has 0 amide bonds. The molecule has 1 N–H and O–H groups in total.